The number of likely N-dealkylation sites (tertiary alicyclic amines) is 1. The van der Waals surface area contributed by atoms with E-state index in [1.54, 1.807) is 14.2 Å². The van der Waals surface area contributed by atoms with Crippen molar-refractivity contribution in [2.45, 2.75) is 45.6 Å². The molecule has 0 bridgehead atoms. The third-order valence-electron chi connectivity index (χ3n) is 5.00. The van der Waals surface area contributed by atoms with Crippen LogP contribution in [0.4, 0.5) is 0 Å². The Balaban J connectivity index is 2.15. The molecule has 1 heterocycles. The SMILES string of the molecule is CCCCN(CC)CC(=O)N1CCCC1c1cc(OC)ccc1OC. The molecule has 1 aromatic carbocycles. The summed E-state index contributed by atoms with van der Waals surface area (Å²) >= 11 is 0. The highest BCUT2D eigenvalue weighted by Crippen LogP contribution is 2.38. The Bertz CT molecular complexity index is 562. The van der Waals surface area contributed by atoms with Crippen molar-refractivity contribution < 1.29 is 14.3 Å². The number of amides is 1. The van der Waals surface area contributed by atoms with Crippen LogP contribution < -0.4 is 9.47 Å². The van der Waals surface area contributed by atoms with E-state index in [9.17, 15) is 4.79 Å². The number of hydrogen-bond donors (Lipinski definition) is 0. The van der Waals surface area contributed by atoms with E-state index in [-0.39, 0.29) is 11.9 Å². The van der Waals surface area contributed by atoms with Crippen molar-refractivity contribution in [3.8, 4) is 11.5 Å². The number of likely N-dealkylation sites (N-methyl/N-ethyl adjacent to an activating group) is 1. The van der Waals surface area contributed by atoms with Gasteiger partial charge >= 0.3 is 0 Å². The molecular weight excluding hydrogens is 316 g/mol. The topological polar surface area (TPSA) is 42.0 Å². The third-order valence-corrected chi connectivity index (χ3v) is 5.00. The van der Waals surface area contributed by atoms with Crippen LogP contribution in [0.25, 0.3) is 0 Å². The minimum atomic E-state index is 0.0717. The fraction of sp³-hybridized carbons (Fsp3) is 0.650. The molecule has 1 aliphatic heterocycles. The summed E-state index contributed by atoms with van der Waals surface area (Å²) in [5.74, 6) is 1.84. The van der Waals surface area contributed by atoms with E-state index in [4.69, 9.17) is 9.47 Å². The fourth-order valence-corrected chi connectivity index (χ4v) is 3.50. The van der Waals surface area contributed by atoms with Gasteiger partial charge in [0.15, 0.2) is 0 Å². The molecule has 1 unspecified atom stereocenters. The molecular formula is C20H32N2O3. The van der Waals surface area contributed by atoms with Gasteiger partial charge in [-0.05, 0) is 50.6 Å². The maximum absolute atomic E-state index is 12.9. The smallest absolute Gasteiger partial charge is 0.237 e. The number of rotatable bonds is 9. The highest BCUT2D eigenvalue weighted by Gasteiger charge is 2.32. The van der Waals surface area contributed by atoms with Crippen LogP contribution in [0.5, 0.6) is 11.5 Å². The number of carbonyl (C=O) groups excluding carboxylic acids is 1. The van der Waals surface area contributed by atoms with Gasteiger partial charge in [0.05, 0.1) is 26.8 Å². The first-order valence-electron chi connectivity index (χ1n) is 9.38. The molecule has 0 saturated carbocycles. The number of hydrogen-bond acceptors (Lipinski definition) is 4. The zero-order valence-corrected chi connectivity index (χ0v) is 16.1. The van der Waals surface area contributed by atoms with Crippen LogP contribution in [0.15, 0.2) is 18.2 Å². The highest BCUT2D eigenvalue weighted by molar-refractivity contribution is 5.79. The van der Waals surface area contributed by atoms with Crippen molar-refractivity contribution in [2.24, 2.45) is 0 Å². The molecule has 140 valence electrons. The molecule has 0 aliphatic carbocycles. The van der Waals surface area contributed by atoms with Gasteiger partial charge in [0.2, 0.25) is 5.91 Å². The minimum Gasteiger partial charge on any atom is -0.497 e. The Labute approximate surface area is 151 Å². The second-order valence-corrected chi connectivity index (χ2v) is 6.58. The van der Waals surface area contributed by atoms with Crippen LogP contribution in [0.2, 0.25) is 0 Å². The first-order valence-corrected chi connectivity index (χ1v) is 9.38. The summed E-state index contributed by atoms with van der Waals surface area (Å²) in [6.07, 6.45) is 4.28. The van der Waals surface area contributed by atoms with Crippen molar-refractivity contribution in [3.63, 3.8) is 0 Å². The molecule has 0 aromatic heterocycles. The van der Waals surface area contributed by atoms with E-state index >= 15 is 0 Å². The molecule has 2 rings (SSSR count). The van der Waals surface area contributed by atoms with Crippen LogP contribution in [-0.4, -0.2) is 56.1 Å². The van der Waals surface area contributed by atoms with Gasteiger partial charge in [-0.25, -0.2) is 0 Å². The van der Waals surface area contributed by atoms with E-state index in [1.165, 1.54) is 0 Å². The van der Waals surface area contributed by atoms with Crippen molar-refractivity contribution in [1.29, 1.82) is 0 Å². The lowest BCUT2D eigenvalue weighted by molar-refractivity contribution is -0.133. The van der Waals surface area contributed by atoms with Crippen LogP contribution in [0, 0.1) is 0 Å². The fourth-order valence-electron chi connectivity index (χ4n) is 3.50. The molecule has 1 amide bonds. The van der Waals surface area contributed by atoms with Gasteiger partial charge in [-0.1, -0.05) is 20.3 Å². The third kappa shape index (κ3) is 4.88. The van der Waals surface area contributed by atoms with Crippen molar-refractivity contribution in [3.05, 3.63) is 23.8 Å². The molecule has 1 fully saturated rings. The van der Waals surface area contributed by atoms with Crippen LogP contribution in [-0.2, 0) is 4.79 Å². The highest BCUT2D eigenvalue weighted by atomic mass is 16.5. The summed E-state index contributed by atoms with van der Waals surface area (Å²) in [6, 6.07) is 5.90. The van der Waals surface area contributed by atoms with Gasteiger partial charge < -0.3 is 14.4 Å². The van der Waals surface area contributed by atoms with Gasteiger partial charge in [0, 0.05) is 12.1 Å². The summed E-state index contributed by atoms with van der Waals surface area (Å²) in [5.41, 5.74) is 1.05. The number of nitrogens with zero attached hydrogens (tertiary/aromatic N) is 2. The molecule has 25 heavy (non-hydrogen) atoms. The van der Waals surface area contributed by atoms with Crippen molar-refractivity contribution in [2.75, 3.05) is 40.4 Å². The summed E-state index contributed by atoms with van der Waals surface area (Å²) in [4.78, 5) is 17.2. The monoisotopic (exact) mass is 348 g/mol. The first-order chi connectivity index (χ1) is 12.1. The van der Waals surface area contributed by atoms with Gasteiger partial charge in [-0.2, -0.15) is 0 Å². The van der Waals surface area contributed by atoms with E-state index in [2.05, 4.69) is 18.7 Å². The van der Waals surface area contributed by atoms with Gasteiger partial charge in [0.25, 0.3) is 0 Å². The average molecular weight is 348 g/mol. The number of ether oxygens (including phenoxy) is 2. The number of methoxy groups -OCH3 is 2. The molecule has 1 aromatic rings. The predicted molar refractivity (Wildman–Crippen MR) is 100 cm³/mol. The Morgan fingerprint density at radius 2 is 2.08 bits per heavy atom. The second-order valence-electron chi connectivity index (χ2n) is 6.58. The molecule has 0 N–H and O–H groups in total. The maximum Gasteiger partial charge on any atom is 0.237 e. The lowest BCUT2D eigenvalue weighted by Gasteiger charge is -2.29. The molecule has 1 atom stereocenters. The summed E-state index contributed by atoms with van der Waals surface area (Å²) < 4.78 is 10.9. The lowest BCUT2D eigenvalue weighted by Crippen LogP contribution is -2.40. The average Bonchev–Trinajstić information content (AvgIpc) is 3.14. The van der Waals surface area contributed by atoms with E-state index in [0.717, 1.165) is 62.4 Å². The van der Waals surface area contributed by atoms with Gasteiger partial charge in [0.1, 0.15) is 11.5 Å². The van der Waals surface area contributed by atoms with Gasteiger partial charge in [-0.3, -0.25) is 9.69 Å². The van der Waals surface area contributed by atoms with E-state index in [1.807, 2.05) is 23.1 Å². The molecule has 0 radical (unpaired) electrons. The summed E-state index contributed by atoms with van der Waals surface area (Å²) in [5, 5.41) is 0. The Kier molecular flexibility index (Phi) is 7.56. The van der Waals surface area contributed by atoms with Crippen molar-refractivity contribution in [1.82, 2.24) is 9.80 Å². The van der Waals surface area contributed by atoms with Crippen LogP contribution >= 0.6 is 0 Å². The normalized spacial score (nSPS) is 17.2. The molecule has 5 nitrogen and oxygen atoms in total. The minimum absolute atomic E-state index is 0.0717. The number of unbranched alkanes of at least 4 members (excludes halogenated alkanes) is 1. The standard InChI is InChI=1S/C20H32N2O3/c1-5-7-12-21(6-2)15-20(23)22-13-8-9-18(22)17-14-16(24-3)10-11-19(17)25-4/h10-11,14,18H,5-9,12-13,15H2,1-4H3. The molecule has 5 heteroatoms. The van der Waals surface area contributed by atoms with E-state index < -0.39 is 0 Å². The molecule has 1 aliphatic rings. The maximum atomic E-state index is 12.9. The summed E-state index contributed by atoms with van der Waals surface area (Å²) in [6.45, 7) is 7.51. The Hall–Kier alpha value is -1.75. The second kappa shape index (κ2) is 9.66. The molecule has 1 saturated heterocycles. The van der Waals surface area contributed by atoms with Crippen LogP contribution in [0.3, 0.4) is 0 Å². The zero-order chi connectivity index (χ0) is 18.2. The Morgan fingerprint density at radius 1 is 1.28 bits per heavy atom. The van der Waals surface area contributed by atoms with Crippen LogP contribution in [0.1, 0.15) is 51.1 Å². The van der Waals surface area contributed by atoms with Crippen molar-refractivity contribution >= 4 is 5.91 Å². The number of carbonyl (C=O) groups is 1. The molecule has 0 spiro atoms. The summed E-state index contributed by atoms with van der Waals surface area (Å²) in [7, 11) is 3.34. The predicted octanol–water partition coefficient (Wildman–Crippen LogP) is 3.49. The quantitative estimate of drug-likeness (QED) is 0.685. The van der Waals surface area contributed by atoms with Gasteiger partial charge in [-0.15, -0.1) is 0 Å². The lowest BCUT2D eigenvalue weighted by atomic mass is 10.0. The largest absolute Gasteiger partial charge is 0.497 e. The Morgan fingerprint density at radius 3 is 2.72 bits per heavy atom. The first kappa shape index (κ1) is 19.6. The number of benzene rings is 1. The zero-order valence-electron chi connectivity index (χ0n) is 16.1. The van der Waals surface area contributed by atoms with E-state index in [0.29, 0.717) is 6.54 Å².